The van der Waals surface area contributed by atoms with Crippen LogP contribution in [-0.2, 0) is 11.3 Å². The van der Waals surface area contributed by atoms with Crippen molar-refractivity contribution in [2.24, 2.45) is 11.8 Å². The van der Waals surface area contributed by atoms with E-state index in [0.717, 1.165) is 48.6 Å². The molecule has 5 rings (SSSR count). The SMILES string of the molecule is [C-]#[N+]C1CCN(c2ccc3c(c2)N(C(=O)C2CCC(F)(F)C[C@@H]2C)Cc2cccnc2N3)CC1. The fourth-order valence-corrected chi connectivity index (χ4v) is 5.49. The minimum atomic E-state index is -2.70. The van der Waals surface area contributed by atoms with Crippen LogP contribution in [0.3, 0.4) is 0 Å². The number of nitrogens with one attached hydrogen (secondary N) is 1. The van der Waals surface area contributed by atoms with Gasteiger partial charge in [0.25, 0.3) is 0 Å². The number of anilines is 4. The predicted molar refractivity (Wildman–Crippen MR) is 128 cm³/mol. The fraction of sp³-hybridized carbons (Fsp3) is 0.500. The average Bonchev–Trinajstić information content (AvgIpc) is 2.99. The largest absolute Gasteiger partial charge is 0.371 e. The molecule has 0 bridgehead atoms. The van der Waals surface area contributed by atoms with E-state index in [-0.39, 0.29) is 37.1 Å². The Morgan fingerprint density at radius 3 is 2.76 bits per heavy atom. The van der Waals surface area contributed by atoms with Gasteiger partial charge in [-0.05, 0) is 36.6 Å². The average molecular weight is 466 g/mol. The van der Waals surface area contributed by atoms with E-state index in [2.05, 4.69) is 20.0 Å². The molecule has 34 heavy (non-hydrogen) atoms. The van der Waals surface area contributed by atoms with E-state index in [1.54, 1.807) is 18.0 Å². The molecule has 8 heteroatoms. The molecular formula is C26H29F2N5O. The third-order valence-electron chi connectivity index (χ3n) is 7.47. The first-order valence-corrected chi connectivity index (χ1v) is 12.0. The number of halogens is 2. The summed E-state index contributed by atoms with van der Waals surface area (Å²) >= 11 is 0. The molecule has 2 atom stereocenters. The molecule has 0 radical (unpaired) electrons. The topological polar surface area (TPSA) is 52.8 Å². The highest BCUT2D eigenvalue weighted by Crippen LogP contribution is 2.44. The standard InChI is InChI=1S/C26H29F2N5O/c1-17-15-26(27,28)10-7-21(17)25(34)33-16-18-4-3-11-30-24(18)31-22-6-5-20(14-23(22)33)32-12-8-19(29-2)9-13-32/h3-6,11,14,17,19,21H,7-10,12-13,15-16H2,1H3,(H,30,31)/t17-,21?/m0/s1. The molecule has 2 aliphatic heterocycles. The molecule has 178 valence electrons. The van der Waals surface area contributed by atoms with E-state index < -0.39 is 11.8 Å². The number of hydrogen-bond acceptors (Lipinski definition) is 4. The van der Waals surface area contributed by atoms with Gasteiger partial charge in [-0.1, -0.05) is 13.0 Å². The van der Waals surface area contributed by atoms with Crippen molar-refractivity contribution in [1.82, 2.24) is 4.98 Å². The van der Waals surface area contributed by atoms with Crippen LogP contribution < -0.4 is 15.1 Å². The molecule has 1 saturated heterocycles. The Morgan fingerprint density at radius 2 is 2.03 bits per heavy atom. The second-order valence-electron chi connectivity index (χ2n) is 9.79. The number of carbonyl (C=O) groups is 1. The number of piperidine rings is 1. The molecule has 1 amide bonds. The molecule has 0 spiro atoms. The maximum absolute atomic E-state index is 14.0. The second-order valence-corrected chi connectivity index (χ2v) is 9.79. The first-order valence-electron chi connectivity index (χ1n) is 12.0. The van der Waals surface area contributed by atoms with Crippen LogP contribution in [0.15, 0.2) is 36.5 Å². The fourth-order valence-electron chi connectivity index (χ4n) is 5.49. The number of nitrogens with zero attached hydrogens (tertiary/aromatic N) is 4. The van der Waals surface area contributed by atoms with E-state index in [0.29, 0.717) is 12.4 Å². The van der Waals surface area contributed by atoms with E-state index in [4.69, 9.17) is 6.57 Å². The zero-order valence-corrected chi connectivity index (χ0v) is 19.3. The van der Waals surface area contributed by atoms with Gasteiger partial charge >= 0.3 is 0 Å². The van der Waals surface area contributed by atoms with Crippen LogP contribution in [-0.4, -0.2) is 35.9 Å². The van der Waals surface area contributed by atoms with Crippen LogP contribution in [0.2, 0.25) is 0 Å². The summed E-state index contributed by atoms with van der Waals surface area (Å²) in [6.07, 6.45) is 3.05. The van der Waals surface area contributed by atoms with E-state index in [1.807, 2.05) is 30.3 Å². The Bertz CT molecular complexity index is 1120. The van der Waals surface area contributed by atoms with Crippen LogP contribution >= 0.6 is 0 Å². The molecular weight excluding hydrogens is 436 g/mol. The number of aromatic nitrogens is 1. The van der Waals surface area contributed by atoms with Gasteiger partial charge in [-0.2, -0.15) is 0 Å². The third-order valence-corrected chi connectivity index (χ3v) is 7.47. The molecule has 2 fully saturated rings. The summed E-state index contributed by atoms with van der Waals surface area (Å²) in [6, 6.07) is 9.87. The van der Waals surface area contributed by atoms with Crippen LogP contribution in [0.4, 0.5) is 31.7 Å². The van der Waals surface area contributed by atoms with Crippen molar-refractivity contribution in [2.75, 3.05) is 28.2 Å². The highest BCUT2D eigenvalue weighted by molar-refractivity contribution is 6.00. The van der Waals surface area contributed by atoms with Crippen molar-refractivity contribution in [3.05, 3.63) is 53.5 Å². The van der Waals surface area contributed by atoms with Crippen LogP contribution in [0.25, 0.3) is 4.85 Å². The van der Waals surface area contributed by atoms with E-state index in [9.17, 15) is 13.6 Å². The molecule has 1 saturated carbocycles. The lowest BCUT2D eigenvalue weighted by atomic mass is 9.77. The van der Waals surface area contributed by atoms with Crippen LogP contribution in [0.1, 0.15) is 44.6 Å². The molecule has 1 unspecified atom stereocenters. The van der Waals surface area contributed by atoms with Crippen molar-refractivity contribution < 1.29 is 13.6 Å². The molecule has 2 aromatic rings. The number of benzene rings is 1. The smallest absolute Gasteiger partial charge is 0.248 e. The Labute approximate surface area is 198 Å². The van der Waals surface area contributed by atoms with Gasteiger partial charge in [-0.25, -0.2) is 20.3 Å². The lowest BCUT2D eigenvalue weighted by Gasteiger charge is -2.36. The molecule has 3 aliphatic rings. The third kappa shape index (κ3) is 4.31. The number of carbonyl (C=O) groups excluding carboxylic acids is 1. The number of fused-ring (bicyclic) bond motifs is 2. The summed E-state index contributed by atoms with van der Waals surface area (Å²) in [5, 5.41) is 3.38. The maximum atomic E-state index is 14.0. The Kier molecular flexibility index (Phi) is 5.88. The normalized spacial score (nSPS) is 24.3. The summed E-state index contributed by atoms with van der Waals surface area (Å²) in [5.74, 6) is -2.93. The van der Waals surface area contributed by atoms with E-state index >= 15 is 0 Å². The summed E-state index contributed by atoms with van der Waals surface area (Å²) in [5.41, 5.74) is 3.42. The van der Waals surface area contributed by atoms with Gasteiger partial charge in [0, 0.05) is 62.1 Å². The first-order chi connectivity index (χ1) is 16.3. The molecule has 1 aliphatic carbocycles. The number of rotatable bonds is 2. The predicted octanol–water partition coefficient (Wildman–Crippen LogP) is 5.63. The molecule has 6 nitrogen and oxygen atoms in total. The van der Waals surface area contributed by atoms with Crippen molar-refractivity contribution >= 4 is 28.8 Å². The van der Waals surface area contributed by atoms with Gasteiger partial charge in [0.1, 0.15) is 5.82 Å². The lowest BCUT2D eigenvalue weighted by Crippen LogP contribution is -2.43. The zero-order valence-electron chi connectivity index (χ0n) is 19.3. The van der Waals surface area contributed by atoms with Gasteiger partial charge in [0.2, 0.25) is 17.9 Å². The summed E-state index contributed by atoms with van der Waals surface area (Å²) in [6.45, 7) is 11.0. The summed E-state index contributed by atoms with van der Waals surface area (Å²) in [7, 11) is 0. The summed E-state index contributed by atoms with van der Waals surface area (Å²) < 4.78 is 28.0. The second kappa shape index (κ2) is 8.86. The van der Waals surface area contributed by atoms with Crippen molar-refractivity contribution in [1.29, 1.82) is 0 Å². The highest BCUT2D eigenvalue weighted by atomic mass is 19.3. The van der Waals surface area contributed by atoms with Gasteiger partial charge in [0.15, 0.2) is 0 Å². The highest BCUT2D eigenvalue weighted by Gasteiger charge is 2.44. The van der Waals surface area contributed by atoms with Crippen LogP contribution in [0.5, 0.6) is 0 Å². The zero-order chi connectivity index (χ0) is 23.9. The molecule has 1 N–H and O–H groups in total. The first kappa shape index (κ1) is 22.6. The maximum Gasteiger partial charge on any atom is 0.248 e. The van der Waals surface area contributed by atoms with Crippen molar-refractivity contribution in [3.8, 4) is 0 Å². The molecule has 1 aromatic heterocycles. The van der Waals surface area contributed by atoms with Gasteiger partial charge in [0.05, 0.1) is 17.9 Å². The number of alkyl halides is 2. The van der Waals surface area contributed by atoms with Crippen molar-refractivity contribution in [2.45, 2.75) is 57.5 Å². The number of pyridine rings is 1. The van der Waals surface area contributed by atoms with Gasteiger partial charge < -0.3 is 20.0 Å². The minimum Gasteiger partial charge on any atom is -0.371 e. The Balaban J connectivity index is 1.49. The van der Waals surface area contributed by atoms with Gasteiger partial charge in [-0.3, -0.25) is 4.79 Å². The monoisotopic (exact) mass is 465 g/mol. The number of hydrogen-bond donors (Lipinski definition) is 1. The molecule has 3 heterocycles. The Hall–Kier alpha value is -3.21. The quantitative estimate of drug-likeness (QED) is 0.584. The summed E-state index contributed by atoms with van der Waals surface area (Å²) in [4.78, 5) is 26.0. The van der Waals surface area contributed by atoms with Crippen LogP contribution in [0, 0.1) is 18.4 Å². The number of amides is 1. The lowest BCUT2D eigenvalue weighted by molar-refractivity contribution is -0.130. The van der Waals surface area contributed by atoms with E-state index in [1.165, 1.54) is 0 Å². The molecule has 1 aromatic carbocycles. The van der Waals surface area contributed by atoms with Gasteiger partial charge in [-0.15, -0.1) is 0 Å². The minimum absolute atomic E-state index is 0.0725. The Morgan fingerprint density at radius 1 is 1.24 bits per heavy atom. The van der Waals surface area contributed by atoms with Crippen molar-refractivity contribution in [3.63, 3.8) is 0 Å².